The first-order valence-corrected chi connectivity index (χ1v) is 8.75. The molecule has 142 valence electrons. The zero-order chi connectivity index (χ0) is 19.9. The predicted octanol–water partition coefficient (Wildman–Crippen LogP) is 4.55. The van der Waals surface area contributed by atoms with Gasteiger partial charge in [0.15, 0.2) is 23.9 Å². The molecule has 0 aliphatic rings. The molecule has 5 heteroatoms. The Morgan fingerprint density at radius 3 is 2.14 bits per heavy atom. The van der Waals surface area contributed by atoms with Crippen LogP contribution in [0.25, 0.3) is 11.1 Å². The molecule has 0 aliphatic carbocycles. The van der Waals surface area contributed by atoms with Crippen molar-refractivity contribution in [1.29, 1.82) is 0 Å². The third-order valence-electron chi connectivity index (χ3n) is 4.11. The molecule has 5 nitrogen and oxygen atoms in total. The summed E-state index contributed by atoms with van der Waals surface area (Å²) in [4.78, 5) is 23.5. The Kier molecular flexibility index (Phi) is 6.07. The van der Waals surface area contributed by atoms with Crippen LogP contribution in [0.3, 0.4) is 0 Å². The van der Waals surface area contributed by atoms with E-state index >= 15 is 0 Å². The monoisotopic (exact) mass is 376 g/mol. The van der Waals surface area contributed by atoms with Crippen LogP contribution >= 0.6 is 0 Å². The minimum absolute atomic E-state index is 0.0804. The number of benzene rings is 3. The maximum absolute atomic E-state index is 12.1. The number of esters is 1. The second-order valence-electron chi connectivity index (χ2n) is 6.07. The summed E-state index contributed by atoms with van der Waals surface area (Å²) < 4.78 is 16.0. The van der Waals surface area contributed by atoms with Crippen LogP contribution in [0.5, 0.6) is 17.2 Å². The van der Waals surface area contributed by atoms with E-state index in [-0.39, 0.29) is 12.4 Å². The molecule has 3 aromatic carbocycles. The summed E-state index contributed by atoms with van der Waals surface area (Å²) in [6, 6.07) is 22.0. The van der Waals surface area contributed by atoms with Crippen molar-refractivity contribution in [2.45, 2.75) is 6.92 Å². The highest BCUT2D eigenvalue weighted by Gasteiger charge is 2.12. The van der Waals surface area contributed by atoms with Crippen LogP contribution in [-0.2, 0) is 4.79 Å². The lowest BCUT2D eigenvalue weighted by Crippen LogP contribution is -2.18. The molecule has 0 saturated heterocycles. The topological polar surface area (TPSA) is 61.8 Å². The summed E-state index contributed by atoms with van der Waals surface area (Å²) in [5, 5.41) is 0. The van der Waals surface area contributed by atoms with Gasteiger partial charge in [0.25, 0.3) is 0 Å². The standard InChI is InChI=1S/C23H20O5/c1-16(24)19-10-13-21(22(14-19)26-2)27-15-23(25)28-20-11-8-18(9-12-20)17-6-4-3-5-7-17/h3-14H,15H2,1-2H3. The summed E-state index contributed by atoms with van der Waals surface area (Å²) in [6.07, 6.45) is 0. The molecule has 0 N–H and O–H groups in total. The van der Waals surface area contributed by atoms with Crippen molar-refractivity contribution in [2.75, 3.05) is 13.7 Å². The predicted molar refractivity (Wildman–Crippen MR) is 106 cm³/mol. The Balaban J connectivity index is 1.59. The molecule has 3 aromatic rings. The third-order valence-corrected chi connectivity index (χ3v) is 4.11. The van der Waals surface area contributed by atoms with Gasteiger partial charge < -0.3 is 14.2 Å². The van der Waals surface area contributed by atoms with Crippen molar-refractivity contribution >= 4 is 11.8 Å². The summed E-state index contributed by atoms with van der Waals surface area (Å²) in [5.74, 6) is 0.567. The molecule has 0 amide bonds. The van der Waals surface area contributed by atoms with Crippen molar-refractivity contribution < 1.29 is 23.8 Å². The molecule has 0 bridgehead atoms. The highest BCUT2D eigenvalue weighted by atomic mass is 16.6. The SMILES string of the molecule is COc1cc(C(C)=O)ccc1OCC(=O)Oc1ccc(-c2ccccc2)cc1. The average Bonchev–Trinajstić information content (AvgIpc) is 2.73. The summed E-state index contributed by atoms with van der Waals surface area (Å²) >= 11 is 0. The number of methoxy groups -OCH3 is 1. The highest BCUT2D eigenvalue weighted by molar-refractivity contribution is 5.94. The van der Waals surface area contributed by atoms with Crippen LogP contribution in [0.1, 0.15) is 17.3 Å². The second-order valence-corrected chi connectivity index (χ2v) is 6.07. The first-order valence-electron chi connectivity index (χ1n) is 8.75. The lowest BCUT2D eigenvalue weighted by atomic mass is 10.1. The van der Waals surface area contributed by atoms with E-state index in [4.69, 9.17) is 14.2 Å². The summed E-state index contributed by atoms with van der Waals surface area (Å²) in [6.45, 7) is 1.19. The lowest BCUT2D eigenvalue weighted by molar-refractivity contribution is -0.136. The quantitative estimate of drug-likeness (QED) is 0.344. The first kappa shape index (κ1) is 19.2. The number of ether oxygens (including phenoxy) is 3. The number of hydrogen-bond acceptors (Lipinski definition) is 5. The molecule has 0 atom stereocenters. The molecule has 3 rings (SSSR count). The van der Waals surface area contributed by atoms with E-state index in [0.717, 1.165) is 11.1 Å². The fraction of sp³-hybridized carbons (Fsp3) is 0.130. The van der Waals surface area contributed by atoms with E-state index < -0.39 is 5.97 Å². The van der Waals surface area contributed by atoms with Crippen LogP contribution in [0.15, 0.2) is 72.8 Å². The van der Waals surface area contributed by atoms with Crippen molar-refractivity contribution in [3.05, 3.63) is 78.4 Å². The molecule has 0 heterocycles. The number of rotatable bonds is 7. The minimum atomic E-state index is -0.537. The van der Waals surface area contributed by atoms with Gasteiger partial charge in [-0.2, -0.15) is 0 Å². The zero-order valence-corrected chi connectivity index (χ0v) is 15.7. The first-order chi connectivity index (χ1) is 13.6. The number of hydrogen-bond donors (Lipinski definition) is 0. The van der Waals surface area contributed by atoms with Crippen LogP contribution < -0.4 is 14.2 Å². The van der Waals surface area contributed by atoms with Crippen molar-refractivity contribution in [1.82, 2.24) is 0 Å². The zero-order valence-electron chi connectivity index (χ0n) is 15.7. The minimum Gasteiger partial charge on any atom is -0.493 e. The number of carbonyl (C=O) groups excluding carboxylic acids is 2. The Morgan fingerprint density at radius 1 is 0.821 bits per heavy atom. The van der Waals surface area contributed by atoms with E-state index in [9.17, 15) is 9.59 Å². The third kappa shape index (κ3) is 4.76. The fourth-order valence-electron chi connectivity index (χ4n) is 2.65. The van der Waals surface area contributed by atoms with Gasteiger partial charge in [0.05, 0.1) is 7.11 Å². The summed E-state index contributed by atoms with van der Waals surface area (Å²) in [5.41, 5.74) is 2.63. The van der Waals surface area contributed by atoms with Crippen LogP contribution in [0.2, 0.25) is 0 Å². The van der Waals surface area contributed by atoms with Gasteiger partial charge in [-0.25, -0.2) is 4.79 Å². The molecule has 0 radical (unpaired) electrons. The lowest BCUT2D eigenvalue weighted by Gasteiger charge is -2.11. The van der Waals surface area contributed by atoms with Crippen LogP contribution in [-0.4, -0.2) is 25.5 Å². The van der Waals surface area contributed by atoms with Crippen molar-refractivity contribution in [3.8, 4) is 28.4 Å². The van der Waals surface area contributed by atoms with E-state index in [1.165, 1.54) is 14.0 Å². The van der Waals surface area contributed by atoms with Gasteiger partial charge in [0, 0.05) is 5.56 Å². The number of ketones is 1. The Morgan fingerprint density at radius 2 is 1.50 bits per heavy atom. The Labute approximate surface area is 163 Å². The van der Waals surface area contributed by atoms with Crippen LogP contribution in [0, 0.1) is 0 Å². The van der Waals surface area contributed by atoms with Crippen LogP contribution in [0.4, 0.5) is 0 Å². The van der Waals surface area contributed by atoms with E-state index in [1.807, 2.05) is 42.5 Å². The molecule has 0 aliphatic heterocycles. The molecule has 0 aromatic heterocycles. The molecule has 0 saturated carbocycles. The van der Waals surface area contributed by atoms with Gasteiger partial charge in [-0.05, 0) is 48.4 Å². The molecular weight excluding hydrogens is 356 g/mol. The Hall–Kier alpha value is -3.60. The maximum atomic E-state index is 12.1. The number of carbonyl (C=O) groups is 2. The largest absolute Gasteiger partial charge is 0.493 e. The smallest absolute Gasteiger partial charge is 0.349 e. The van der Waals surface area contributed by atoms with Crippen molar-refractivity contribution in [3.63, 3.8) is 0 Å². The maximum Gasteiger partial charge on any atom is 0.349 e. The van der Waals surface area contributed by atoms with Gasteiger partial charge in [-0.15, -0.1) is 0 Å². The van der Waals surface area contributed by atoms with Gasteiger partial charge in [0.1, 0.15) is 5.75 Å². The molecular formula is C23H20O5. The number of Topliss-reactive ketones (excluding diaryl/α,β-unsaturated/α-hetero) is 1. The van der Waals surface area contributed by atoms with Gasteiger partial charge in [-0.1, -0.05) is 42.5 Å². The Bertz CT molecular complexity index is 962. The molecule has 0 spiro atoms. The fourth-order valence-corrected chi connectivity index (χ4v) is 2.65. The van der Waals surface area contributed by atoms with Crippen molar-refractivity contribution in [2.24, 2.45) is 0 Å². The van der Waals surface area contributed by atoms with Gasteiger partial charge in [-0.3, -0.25) is 4.79 Å². The molecule has 0 fully saturated rings. The van der Waals surface area contributed by atoms with E-state index in [1.54, 1.807) is 30.3 Å². The normalized spacial score (nSPS) is 10.2. The molecule has 0 unspecified atom stereocenters. The van der Waals surface area contributed by atoms with Gasteiger partial charge in [0.2, 0.25) is 0 Å². The average molecular weight is 376 g/mol. The summed E-state index contributed by atoms with van der Waals surface area (Å²) in [7, 11) is 1.47. The van der Waals surface area contributed by atoms with E-state index in [2.05, 4.69) is 0 Å². The highest BCUT2D eigenvalue weighted by Crippen LogP contribution is 2.28. The second kappa shape index (κ2) is 8.86. The van der Waals surface area contributed by atoms with E-state index in [0.29, 0.717) is 22.8 Å². The van der Waals surface area contributed by atoms with Gasteiger partial charge >= 0.3 is 5.97 Å². The molecule has 28 heavy (non-hydrogen) atoms.